The van der Waals surface area contributed by atoms with Gasteiger partial charge in [0.15, 0.2) is 0 Å². The van der Waals surface area contributed by atoms with Crippen molar-refractivity contribution < 1.29 is 14.6 Å². The van der Waals surface area contributed by atoms with Crippen LogP contribution in [0.2, 0.25) is 0 Å². The topological polar surface area (TPSA) is 117 Å². The molecule has 0 aliphatic heterocycles. The van der Waals surface area contributed by atoms with E-state index in [0.29, 0.717) is 18.9 Å². The lowest BCUT2D eigenvalue weighted by Gasteiger charge is -2.15. The number of rotatable bonds is 11. The van der Waals surface area contributed by atoms with Crippen molar-refractivity contribution in [1.82, 2.24) is 15.0 Å². The number of amides is 1. The van der Waals surface area contributed by atoms with E-state index in [1.165, 1.54) is 25.5 Å². The van der Waals surface area contributed by atoms with Gasteiger partial charge in [0, 0.05) is 34.8 Å². The molecule has 0 saturated heterocycles. The Labute approximate surface area is 170 Å². The number of nitrogens with zero attached hydrogens (tertiary/aromatic N) is 1. The van der Waals surface area contributed by atoms with Crippen LogP contribution in [0.1, 0.15) is 79.8 Å². The summed E-state index contributed by atoms with van der Waals surface area (Å²) in [5.41, 5.74) is 7.24. The van der Waals surface area contributed by atoms with Gasteiger partial charge in [0.2, 0.25) is 0 Å². The molecule has 1 unspecified atom stereocenters. The summed E-state index contributed by atoms with van der Waals surface area (Å²) in [6.07, 6.45) is 7.77. The summed E-state index contributed by atoms with van der Waals surface area (Å²) in [6, 6.07) is 5.90. The Morgan fingerprint density at radius 2 is 2.07 bits per heavy atom. The number of aliphatic hydroxyl groups is 1. The average Bonchev–Trinajstić information content (AvgIpc) is 3.35. The van der Waals surface area contributed by atoms with Gasteiger partial charge in [-0.2, -0.15) is 0 Å². The molecule has 3 aromatic rings. The van der Waals surface area contributed by atoms with Crippen LogP contribution in [0.5, 0.6) is 5.75 Å². The molecular formula is C22H30N4O3. The Kier molecular flexibility index (Phi) is 6.93. The van der Waals surface area contributed by atoms with Crippen molar-refractivity contribution in [2.45, 2.75) is 58.0 Å². The third-order valence-electron chi connectivity index (χ3n) is 5.20. The lowest BCUT2D eigenvalue weighted by molar-refractivity contribution is 0.0996. The molecule has 0 spiro atoms. The number of primary amides is 1. The molecule has 5 N–H and O–H groups in total. The Balaban J connectivity index is 1.67. The monoisotopic (exact) mass is 398 g/mol. The lowest BCUT2D eigenvalue weighted by atomic mass is 9.97. The SMILES string of the molecule is CCCCCCOc1ccc2[nH]cc([C@H](O)CC(C)c3nc(C(N)=O)c[nH]3)c2c1. The number of aliphatic hydroxyl groups excluding tert-OH is 1. The number of H-pyrrole nitrogens is 2. The van der Waals surface area contributed by atoms with E-state index in [4.69, 9.17) is 10.5 Å². The maximum atomic E-state index is 11.2. The van der Waals surface area contributed by atoms with Gasteiger partial charge in [0.1, 0.15) is 17.3 Å². The number of nitrogens with two attached hydrogens (primary N) is 1. The fourth-order valence-corrected chi connectivity index (χ4v) is 3.49. The van der Waals surface area contributed by atoms with E-state index in [1.807, 2.05) is 31.3 Å². The molecule has 0 bridgehead atoms. The molecule has 0 aliphatic carbocycles. The molecule has 29 heavy (non-hydrogen) atoms. The minimum absolute atomic E-state index is 0.0685. The molecule has 1 aromatic carbocycles. The predicted octanol–water partition coefficient (Wildman–Crippen LogP) is 4.18. The number of ether oxygens (including phenoxy) is 1. The van der Waals surface area contributed by atoms with Crippen molar-refractivity contribution in [3.8, 4) is 5.75 Å². The lowest BCUT2D eigenvalue weighted by Crippen LogP contribution is -2.11. The van der Waals surface area contributed by atoms with Crippen LogP contribution in [-0.2, 0) is 0 Å². The van der Waals surface area contributed by atoms with Crippen LogP contribution in [0.4, 0.5) is 0 Å². The van der Waals surface area contributed by atoms with E-state index in [9.17, 15) is 9.90 Å². The summed E-state index contributed by atoms with van der Waals surface area (Å²) in [5.74, 6) is 0.807. The minimum atomic E-state index is -0.680. The van der Waals surface area contributed by atoms with Crippen molar-refractivity contribution in [3.63, 3.8) is 0 Å². The summed E-state index contributed by atoms with van der Waals surface area (Å²) >= 11 is 0. The number of fused-ring (bicyclic) bond motifs is 1. The first-order valence-corrected chi connectivity index (χ1v) is 10.3. The molecule has 1 amide bonds. The number of carbonyl (C=O) groups excluding carboxylic acids is 1. The van der Waals surface area contributed by atoms with Crippen molar-refractivity contribution >= 4 is 16.8 Å². The smallest absolute Gasteiger partial charge is 0.268 e. The van der Waals surface area contributed by atoms with Gasteiger partial charge in [0.25, 0.3) is 5.91 Å². The Morgan fingerprint density at radius 1 is 1.24 bits per heavy atom. The van der Waals surface area contributed by atoms with Crippen LogP contribution in [0.25, 0.3) is 10.9 Å². The van der Waals surface area contributed by atoms with Gasteiger partial charge in [0.05, 0.1) is 12.7 Å². The highest BCUT2D eigenvalue weighted by Gasteiger charge is 2.20. The third-order valence-corrected chi connectivity index (χ3v) is 5.20. The highest BCUT2D eigenvalue weighted by molar-refractivity contribution is 5.90. The van der Waals surface area contributed by atoms with E-state index in [1.54, 1.807) is 0 Å². The molecule has 0 radical (unpaired) electrons. The van der Waals surface area contributed by atoms with E-state index in [2.05, 4.69) is 21.9 Å². The van der Waals surface area contributed by atoms with Crippen molar-refractivity contribution in [3.05, 3.63) is 47.7 Å². The summed E-state index contributed by atoms with van der Waals surface area (Å²) in [4.78, 5) is 21.6. The van der Waals surface area contributed by atoms with Crippen molar-refractivity contribution in [2.24, 2.45) is 5.73 Å². The number of carbonyl (C=O) groups is 1. The van der Waals surface area contributed by atoms with E-state index in [-0.39, 0.29) is 11.6 Å². The molecule has 7 nitrogen and oxygen atoms in total. The molecular weight excluding hydrogens is 368 g/mol. The quantitative estimate of drug-likeness (QED) is 0.363. The van der Waals surface area contributed by atoms with Gasteiger partial charge >= 0.3 is 0 Å². The summed E-state index contributed by atoms with van der Waals surface area (Å²) in [6.45, 7) is 4.84. The minimum Gasteiger partial charge on any atom is -0.494 e. The van der Waals surface area contributed by atoms with Crippen molar-refractivity contribution in [1.29, 1.82) is 0 Å². The molecule has 7 heteroatoms. The zero-order valence-corrected chi connectivity index (χ0v) is 17.1. The number of hydrogen-bond acceptors (Lipinski definition) is 4. The Morgan fingerprint density at radius 3 is 2.79 bits per heavy atom. The molecule has 0 fully saturated rings. The van der Waals surface area contributed by atoms with Gasteiger partial charge in [-0.25, -0.2) is 4.98 Å². The van der Waals surface area contributed by atoms with Gasteiger partial charge in [-0.15, -0.1) is 0 Å². The van der Waals surface area contributed by atoms with Crippen LogP contribution in [0.15, 0.2) is 30.6 Å². The van der Waals surface area contributed by atoms with E-state index in [0.717, 1.165) is 28.6 Å². The first-order chi connectivity index (χ1) is 14.0. The fourth-order valence-electron chi connectivity index (χ4n) is 3.49. The first-order valence-electron chi connectivity index (χ1n) is 10.3. The van der Waals surface area contributed by atoms with E-state index < -0.39 is 12.0 Å². The van der Waals surface area contributed by atoms with Crippen molar-refractivity contribution in [2.75, 3.05) is 6.61 Å². The van der Waals surface area contributed by atoms with Crippen LogP contribution in [0, 0.1) is 0 Å². The number of imidazole rings is 1. The number of benzene rings is 1. The summed E-state index contributed by atoms with van der Waals surface area (Å²) < 4.78 is 5.89. The van der Waals surface area contributed by atoms with Gasteiger partial charge in [-0.3, -0.25) is 4.79 Å². The first kappa shape index (κ1) is 20.9. The second-order valence-electron chi connectivity index (χ2n) is 7.55. The van der Waals surface area contributed by atoms with Crippen LogP contribution in [-0.4, -0.2) is 32.6 Å². The van der Waals surface area contributed by atoms with Gasteiger partial charge in [-0.1, -0.05) is 33.1 Å². The molecule has 0 saturated carbocycles. The highest BCUT2D eigenvalue weighted by Crippen LogP contribution is 2.33. The summed E-state index contributed by atoms with van der Waals surface area (Å²) in [5, 5.41) is 11.8. The van der Waals surface area contributed by atoms with Gasteiger partial charge < -0.3 is 25.5 Å². The summed E-state index contributed by atoms with van der Waals surface area (Å²) in [7, 11) is 0. The zero-order chi connectivity index (χ0) is 20.8. The molecule has 2 aromatic heterocycles. The third kappa shape index (κ3) is 5.17. The predicted molar refractivity (Wildman–Crippen MR) is 113 cm³/mol. The fraction of sp³-hybridized carbons (Fsp3) is 0.455. The number of aromatic amines is 2. The highest BCUT2D eigenvalue weighted by atomic mass is 16.5. The molecule has 156 valence electrons. The molecule has 2 atom stereocenters. The molecule has 3 rings (SSSR count). The largest absolute Gasteiger partial charge is 0.494 e. The molecule has 0 aliphatic rings. The maximum Gasteiger partial charge on any atom is 0.268 e. The Bertz CT molecular complexity index is 947. The maximum absolute atomic E-state index is 11.2. The Hall–Kier alpha value is -2.80. The second-order valence-corrected chi connectivity index (χ2v) is 7.55. The average molecular weight is 399 g/mol. The zero-order valence-electron chi connectivity index (χ0n) is 17.1. The second kappa shape index (κ2) is 9.60. The number of aromatic nitrogens is 3. The van der Waals surface area contributed by atoms with Gasteiger partial charge in [-0.05, 0) is 31.0 Å². The number of unbranched alkanes of at least 4 members (excludes halogenated alkanes) is 3. The van der Waals surface area contributed by atoms with E-state index >= 15 is 0 Å². The number of nitrogens with one attached hydrogen (secondary N) is 2. The standard InChI is InChI=1S/C22H30N4O3/c1-3-4-5-6-9-29-15-7-8-18-16(11-15)17(12-24-18)20(27)10-14(2)22-25-13-19(26-22)21(23)28/h7-8,11-14,20,24,27H,3-6,9-10H2,1-2H3,(H2,23,28)(H,25,26)/t14?,20-/m1/s1. The number of hydrogen-bond donors (Lipinski definition) is 4. The van der Waals surface area contributed by atoms with Crippen LogP contribution < -0.4 is 10.5 Å². The van der Waals surface area contributed by atoms with Crippen LogP contribution in [0.3, 0.4) is 0 Å². The molecule has 2 heterocycles. The normalized spacial score (nSPS) is 13.5. The van der Waals surface area contributed by atoms with Crippen LogP contribution >= 0.6 is 0 Å².